The second kappa shape index (κ2) is 3.98. The molecule has 0 amide bonds. The lowest BCUT2D eigenvalue weighted by Crippen LogP contribution is -2.27. The molecule has 0 aliphatic carbocycles. The Morgan fingerprint density at radius 2 is 2.21 bits per heavy atom. The quantitative estimate of drug-likeness (QED) is 0.594. The van der Waals surface area contributed by atoms with E-state index in [1.807, 2.05) is 26.0 Å². The van der Waals surface area contributed by atoms with Crippen LogP contribution >= 0.6 is 0 Å². The van der Waals surface area contributed by atoms with Crippen molar-refractivity contribution in [1.82, 2.24) is 0 Å². The number of ether oxygens (including phenoxy) is 1. The SMILES string of the molecule is CC1=CO[C@@](C)(C=C(C#N)C#N)CC1. The Hall–Kier alpha value is -1.74. The third kappa shape index (κ3) is 2.37. The van der Waals surface area contributed by atoms with Crippen molar-refractivity contribution in [3.8, 4) is 12.1 Å². The molecule has 1 aliphatic heterocycles. The molecule has 1 aliphatic rings. The highest BCUT2D eigenvalue weighted by Gasteiger charge is 2.26. The van der Waals surface area contributed by atoms with E-state index in [2.05, 4.69) is 0 Å². The number of nitriles is 2. The molecule has 0 aromatic heterocycles. The zero-order valence-electron chi connectivity index (χ0n) is 8.37. The van der Waals surface area contributed by atoms with Gasteiger partial charge in [-0.05, 0) is 38.3 Å². The number of allylic oxidation sites excluding steroid dienone is 2. The van der Waals surface area contributed by atoms with Gasteiger partial charge in [-0.2, -0.15) is 10.5 Å². The number of hydrogen-bond donors (Lipinski definition) is 0. The smallest absolute Gasteiger partial charge is 0.129 e. The summed E-state index contributed by atoms with van der Waals surface area (Å²) in [6, 6.07) is 3.67. The normalized spacial score (nSPS) is 25.0. The van der Waals surface area contributed by atoms with Gasteiger partial charge >= 0.3 is 0 Å². The Balaban J connectivity index is 2.85. The minimum absolute atomic E-state index is 0.112. The standard InChI is InChI=1S/C11H12N2O/c1-9-3-4-11(2,14-8-9)5-10(6-12)7-13/h5,8H,3-4H2,1-2H3/t11-/m1/s1. The van der Waals surface area contributed by atoms with Crippen molar-refractivity contribution in [2.24, 2.45) is 0 Å². The molecule has 0 saturated carbocycles. The fourth-order valence-corrected chi connectivity index (χ4v) is 1.30. The minimum Gasteiger partial charge on any atom is -0.491 e. The molecule has 0 aromatic carbocycles. The summed E-state index contributed by atoms with van der Waals surface area (Å²) in [6.45, 7) is 3.88. The summed E-state index contributed by atoms with van der Waals surface area (Å²) in [7, 11) is 0. The minimum atomic E-state index is -0.500. The maximum absolute atomic E-state index is 8.61. The van der Waals surface area contributed by atoms with Gasteiger partial charge in [0.05, 0.1) is 6.26 Å². The summed E-state index contributed by atoms with van der Waals surface area (Å²) in [5.41, 5.74) is 0.798. The molecule has 0 N–H and O–H groups in total. The van der Waals surface area contributed by atoms with Gasteiger partial charge in [-0.3, -0.25) is 0 Å². The monoisotopic (exact) mass is 188 g/mol. The molecule has 0 saturated heterocycles. The lowest BCUT2D eigenvalue weighted by atomic mass is 9.93. The van der Waals surface area contributed by atoms with Gasteiger partial charge < -0.3 is 4.74 Å². The number of hydrogen-bond acceptors (Lipinski definition) is 3. The predicted molar refractivity (Wildman–Crippen MR) is 51.8 cm³/mol. The highest BCUT2D eigenvalue weighted by atomic mass is 16.5. The van der Waals surface area contributed by atoms with Crippen LogP contribution in [0.15, 0.2) is 23.5 Å². The van der Waals surface area contributed by atoms with Crippen molar-refractivity contribution in [2.75, 3.05) is 0 Å². The lowest BCUT2D eigenvalue weighted by Gasteiger charge is -2.29. The van der Waals surface area contributed by atoms with Gasteiger partial charge in [-0.15, -0.1) is 0 Å². The number of nitrogens with zero attached hydrogens (tertiary/aromatic N) is 2. The Morgan fingerprint density at radius 3 is 2.64 bits per heavy atom. The third-order valence-corrected chi connectivity index (χ3v) is 2.24. The first kappa shape index (κ1) is 10.3. The summed E-state index contributed by atoms with van der Waals surface area (Å²) >= 11 is 0. The van der Waals surface area contributed by atoms with E-state index in [-0.39, 0.29) is 5.57 Å². The highest BCUT2D eigenvalue weighted by Crippen LogP contribution is 2.28. The Bertz CT molecular complexity index is 352. The Morgan fingerprint density at radius 1 is 1.57 bits per heavy atom. The molecule has 0 fully saturated rings. The van der Waals surface area contributed by atoms with Crippen molar-refractivity contribution in [1.29, 1.82) is 10.5 Å². The van der Waals surface area contributed by atoms with Crippen molar-refractivity contribution in [3.05, 3.63) is 23.5 Å². The van der Waals surface area contributed by atoms with Gasteiger partial charge in [0.25, 0.3) is 0 Å². The van der Waals surface area contributed by atoms with Gasteiger partial charge in [0.1, 0.15) is 23.3 Å². The maximum Gasteiger partial charge on any atom is 0.129 e. The average molecular weight is 188 g/mol. The fourth-order valence-electron chi connectivity index (χ4n) is 1.30. The van der Waals surface area contributed by atoms with Crippen LogP contribution in [0.2, 0.25) is 0 Å². The Kier molecular flexibility index (Phi) is 2.94. The largest absolute Gasteiger partial charge is 0.491 e. The molecular formula is C11H12N2O. The summed E-state index contributed by atoms with van der Waals surface area (Å²) in [4.78, 5) is 0. The molecule has 72 valence electrons. The number of rotatable bonds is 1. The van der Waals surface area contributed by atoms with E-state index in [0.717, 1.165) is 12.8 Å². The van der Waals surface area contributed by atoms with Gasteiger partial charge in [-0.25, -0.2) is 0 Å². The van der Waals surface area contributed by atoms with Gasteiger partial charge in [0.2, 0.25) is 0 Å². The highest BCUT2D eigenvalue weighted by molar-refractivity contribution is 5.37. The second-order valence-electron chi connectivity index (χ2n) is 3.68. The van der Waals surface area contributed by atoms with Crippen molar-refractivity contribution in [2.45, 2.75) is 32.3 Å². The van der Waals surface area contributed by atoms with Gasteiger partial charge in [-0.1, -0.05) is 0 Å². The van der Waals surface area contributed by atoms with Crippen LogP contribution in [0.3, 0.4) is 0 Å². The first-order valence-electron chi connectivity index (χ1n) is 4.46. The summed E-state index contributed by atoms with van der Waals surface area (Å²) in [6.07, 6.45) is 5.04. The molecular weight excluding hydrogens is 176 g/mol. The third-order valence-electron chi connectivity index (χ3n) is 2.24. The first-order valence-corrected chi connectivity index (χ1v) is 4.46. The predicted octanol–water partition coefficient (Wildman–Crippen LogP) is 2.43. The maximum atomic E-state index is 8.61. The van der Waals surface area contributed by atoms with Crippen LogP contribution < -0.4 is 0 Å². The molecule has 3 heteroatoms. The molecule has 1 rings (SSSR count). The zero-order valence-corrected chi connectivity index (χ0v) is 8.37. The van der Waals surface area contributed by atoms with Crippen molar-refractivity contribution >= 4 is 0 Å². The molecule has 0 aromatic rings. The second-order valence-corrected chi connectivity index (χ2v) is 3.68. The molecule has 0 bridgehead atoms. The van der Waals surface area contributed by atoms with Crippen LogP contribution in [0, 0.1) is 22.7 Å². The lowest BCUT2D eigenvalue weighted by molar-refractivity contribution is 0.0630. The molecule has 1 heterocycles. The fraction of sp³-hybridized carbons (Fsp3) is 0.455. The van der Waals surface area contributed by atoms with E-state index in [9.17, 15) is 0 Å². The van der Waals surface area contributed by atoms with Crippen LogP contribution in [0.25, 0.3) is 0 Å². The van der Waals surface area contributed by atoms with E-state index in [1.54, 1.807) is 12.3 Å². The van der Waals surface area contributed by atoms with E-state index < -0.39 is 5.60 Å². The average Bonchev–Trinajstić information content (AvgIpc) is 2.20. The first-order chi connectivity index (χ1) is 6.59. The van der Waals surface area contributed by atoms with E-state index in [4.69, 9.17) is 15.3 Å². The molecule has 0 spiro atoms. The van der Waals surface area contributed by atoms with Crippen LogP contribution in [0.1, 0.15) is 26.7 Å². The van der Waals surface area contributed by atoms with E-state index >= 15 is 0 Å². The topological polar surface area (TPSA) is 56.8 Å². The molecule has 3 nitrogen and oxygen atoms in total. The van der Waals surface area contributed by atoms with Crippen molar-refractivity contribution < 1.29 is 4.74 Å². The van der Waals surface area contributed by atoms with Crippen LogP contribution in [-0.4, -0.2) is 5.60 Å². The van der Waals surface area contributed by atoms with Crippen LogP contribution in [0.5, 0.6) is 0 Å². The van der Waals surface area contributed by atoms with E-state index in [1.165, 1.54) is 5.57 Å². The molecule has 0 unspecified atom stereocenters. The zero-order chi connectivity index (χ0) is 10.6. The Labute approximate surface area is 83.9 Å². The van der Waals surface area contributed by atoms with Crippen LogP contribution in [-0.2, 0) is 4.74 Å². The molecule has 14 heavy (non-hydrogen) atoms. The van der Waals surface area contributed by atoms with Gasteiger partial charge in [0, 0.05) is 0 Å². The molecule has 1 atom stereocenters. The van der Waals surface area contributed by atoms with Crippen molar-refractivity contribution in [3.63, 3.8) is 0 Å². The summed E-state index contributed by atoms with van der Waals surface area (Å²) in [5.74, 6) is 0. The van der Waals surface area contributed by atoms with E-state index in [0.29, 0.717) is 0 Å². The summed E-state index contributed by atoms with van der Waals surface area (Å²) < 4.78 is 5.47. The molecule has 0 radical (unpaired) electrons. The summed E-state index contributed by atoms with van der Waals surface area (Å²) in [5, 5.41) is 17.2. The van der Waals surface area contributed by atoms with Crippen LogP contribution in [0.4, 0.5) is 0 Å². The van der Waals surface area contributed by atoms with Gasteiger partial charge in [0.15, 0.2) is 0 Å².